The van der Waals surface area contributed by atoms with Crippen molar-refractivity contribution in [2.24, 2.45) is 5.73 Å². The van der Waals surface area contributed by atoms with E-state index in [0.29, 0.717) is 42.3 Å². The number of nitrogens with two attached hydrogens (primary N) is 1. The van der Waals surface area contributed by atoms with Crippen molar-refractivity contribution < 1.29 is 23.8 Å². The Hall–Kier alpha value is -3.10. The van der Waals surface area contributed by atoms with Crippen molar-refractivity contribution in [1.29, 1.82) is 0 Å². The minimum absolute atomic E-state index is 0.0917. The second-order valence-corrected chi connectivity index (χ2v) is 6.96. The number of carbonyl (C=O) groups excluding carboxylic acids is 2. The van der Waals surface area contributed by atoms with E-state index in [4.69, 9.17) is 19.9 Å². The predicted octanol–water partition coefficient (Wildman–Crippen LogP) is 1.79. The van der Waals surface area contributed by atoms with Crippen LogP contribution >= 0.6 is 0 Å². The quantitative estimate of drug-likeness (QED) is 0.685. The highest BCUT2D eigenvalue weighted by atomic mass is 16.7. The minimum Gasteiger partial charge on any atom is -0.454 e. The van der Waals surface area contributed by atoms with Gasteiger partial charge < -0.3 is 30.6 Å². The van der Waals surface area contributed by atoms with Crippen LogP contribution in [0.5, 0.6) is 11.5 Å². The third-order valence-corrected chi connectivity index (χ3v) is 4.98. The van der Waals surface area contributed by atoms with Gasteiger partial charge in [-0.05, 0) is 42.7 Å². The number of nitrogens with one attached hydrogen (secondary N) is 2. The number of ether oxygens (including phenoxy) is 3. The number of fused-ring (bicyclic) bond motifs is 1. The molecule has 0 bridgehead atoms. The van der Waals surface area contributed by atoms with E-state index in [1.807, 2.05) is 18.2 Å². The first-order valence-corrected chi connectivity index (χ1v) is 9.56. The smallest absolute Gasteiger partial charge is 0.253 e. The van der Waals surface area contributed by atoms with Crippen molar-refractivity contribution in [3.05, 3.63) is 53.6 Å². The molecule has 2 aliphatic heterocycles. The average Bonchev–Trinajstić information content (AvgIpc) is 3.41. The summed E-state index contributed by atoms with van der Waals surface area (Å²) < 4.78 is 16.3. The molecule has 1 fully saturated rings. The molecule has 0 saturated carbocycles. The molecule has 0 spiro atoms. The van der Waals surface area contributed by atoms with E-state index in [9.17, 15) is 9.59 Å². The van der Waals surface area contributed by atoms with Crippen LogP contribution in [0, 0.1) is 0 Å². The second-order valence-electron chi connectivity index (χ2n) is 6.96. The molecule has 0 unspecified atom stereocenters. The molecule has 4 N–H and O–H groups in total. The average molecular weight is 397 g/mol. The van der Waals surface area contributed by atoms with Crippen LogP contribution in [0.1, 0.15) is 28.8 Å². The normalized spacial score (nSPS) is 19.8. The number of carbonyl (C=O) groups is 2. The van der Waals surface area contributed by atoms with Crippen molar-refractivity contribution >= 4 is 17.5 Å². The molecule has 29 heavy (non-hydrogen) atoms. The van der Waals surface area contributed by atoms with Gasteiger partial charge in [-0.1, -0.05) is 18.2 Å². The first-order chi connectivity index (χ1) is 14.1. The van der Waals surface area contributed by atoms with Gasteiger partial charge in [-0.3, -0.25) is 9.59 Å². The Labute approximate surface area is 168 Å². The molecule has 2 atom stereocenters. The SMILES string of the molecule is NC[C@H]1CC[C@@H](C(=O)Nc2ccccc2C(=O)NCc2ccc3c(c2)OCO3)O1. The summed E-state index contributed by atoms with van der Waals surface area (Å²) in [5.41, 5.74) is 7.31. The van der Waals surface area contributed by atoms with Crippen LogP contribution in [0.4, 0.5) is 5.69 Å². The lowest BCUT2D eigenvalue weighted by atomic mass is 10.1. The summed E-state index contributed by atoms with van der Waals surface area (Å²) in [6.07, 6.45) is 0.734. The molecule has 0 aromatic heterocycles. The van der Waals surface area contributed by atoms with E-state index >= 15 is 0 Å². The largest absolute Gasteiger partial charge is 0.454 e. The fraction of sp³-hybridized carbons (Fsp3) is 0.333. The van der Waals surface area contributed by atoms with E-state index in [2.05, 4.69) is 10.6 Å². The fourth-order valence-electron chi connectivity index (χ4n) is 3.40. The van der Waals surface area contributed by atoms with E-state index in [0.717, 1.165) is 12.0 Å². The molecule has 2 amide bonds. The summed E-state index contributed by atoms with van der Waals surface area (Å²) in [5.74, 6) is 0.804. The number of hydrogen-bond acceptors (Lipinski definition) is 6. The molecule has 0 radical (unpaired) electrons. The lowest BCUT2D eigenvalue weighted by molar-refractivity contribution is -0.126. The predicted molar refractivity (Wildman–Crippen MR) is 106 cm³/mol. The molecule has 152 valence electrons. The number of para-hydroxylation sites is 1. The van der Waals surface area contributed by atoms with Crippen molar-refractivity contribution in [3.8, 4) is 11.5 Å². The summed E-state index contributed by atoms with van der Waals surface area (Å²) >= 11 is 0. The number of rotatable bonds is 6. The molecule has 4 rings (SSSR count). The number of anilines is 1. The Morgan fingerprint density at radius 2 is 1.90 bits per heavy atom. The van der Waals surface area contributed by atoms with Crippen LogP contribution < -0.4 is 25.8 Å². The van der Waals surface area contributed by atoms with Gasteiger partial charge in [-0.15, -0.1) is 0 Å². The third kappa shape index (κ3) is 4.33. The summed E-state index contributed by atoms with van der Waals surface area (Å²) in [7, 11) is 0. The number of benzene rings is 2. The zero-order valence-electron chi connectivity index (χ0n) is 15.9. The Balaban J connectivity index is 1.39. The monoisotopic (exact) mass is 397 g/mol. The van der Waals surface area contributed by atoms with Gasteiger partial charge in [0, 0.05) is 13.1 Å². The molecule has 8 nitrogen and oxygen atoms in total. The van der Waals surface area contributed by atoms with Gasteiger partial charge in [0.2, 0.25) is 6.79 Å². The Bertz CT molecular complexity index is 917. The van der Waals surface area contributed by atoms with Crippen molar-refractivity contribution in [2.45, 2.75) is 31.6 Å². The summed E-state index contributed by atoms with van der Waals surface area (Å²) in [5, 5.41) is 5.68. The zero-order valence-corrected chi connectivity index (χ0v) is 15.9. The maximum atomic E-state index is 12.7. The van der Waals surface area contributed by atoms with Crippen molar-refractivity contribution in [2.75, 3.05) is 18.7 Å². The lowest BCUT2D eigenvalue weighted by Crippen LogP contribution is -2.31. The van der Waals surface area contributed by atoms with E-state index in [1.165, 1.54) is 0 Å². The first-order valence-electron chi connectivity index (χ1n) is 9.56. The summed E-state index contributed by atoms with van der Waals surface area (Å²) in [4.78, 5) is 25.2. The van der Waals surface area contributed by atoms with Gasteiger partial charge in [0.05, 0.1) is 17.4 Å². The van der Waals surface area contributed by atoms with E-state index in [-0.39, 0.29) is 24.7 Å². The highest BCUT2D eigenvalue weighted by Gasteiger charge is 2.30. The second kappa shape index (κ2) is 8.50. The van der Waals surface area contributed by atoms with Gasteiger partial charge in [-0.2, -0.15) is 0 Å². The molecule has 0 aliphatic carbocycles. The van der Waals surface area contributed by atoms with Gasteiger partial charge >= 0.3 is 0 Å². The molecule has 2 aromatic rings. The Kier molecular flexibility index (Phi) is 5.64. The lowest BCUT2D eigenvalue weighted by Gasteiger charge is -2.15. The maximum absolute atomic E-state index is 12.7. The maximum Gasteiger partial charge on any atom is 0.253 e. The molecule has 2 aliphatic rings. The molecule has 2 heterocycles. The molecular weight excluding hydrogens is 374 g/mol. The number of amides is 2. The number of hydrogen-bond donors (Lipinski definition) is 3. The van der Waals surface area contributed by atoms with Crippen LogP contribution in [-0.2, 0) is 16.1 Å². The minimum atomic E-state index is -0.548. The molecular formula is C21H23N3O5. The summed E-state index contributed by atoms with van der Waals surface area (Å²) in [6, 6.07) is 12.4. The highest BCUT2D eigenvalue weighted by molar-refractivity contribution is 6.04. The van der Waals surface area contributed by atoms with Crippen LogP contribution in [-0.4, -0.2) is 37.4 Å². The molecule has 1 saturated heterocycles. The van der Waals surface area contributed by atoms with E-state index < -0.39 is 6.10 Å². The van der Waals surface area contributed by atoms with Crippen LogP contribution in [0.15, 0.2) is 42.5 Å². The standard InChI is InChI=1S/C21H23N3O5/c22-10-14-6-8-18(29-14)21(26)24-16-4-2-1-3-15(16)20(25)23-11-13-5-7-17-19(9-13)28-12-27-17/h1-5,7,9,14,18H,6,8,10-12,22H2,(H,23,25)(H,24,26)/t14-,18+/m1/s1. The van der Waals surface area contributed by atoms with E-state index in [1.54, 1.807) is 24.3 Å². The van der Waals surface area contributed by atoms with Crippen LogP contribution in [0.3, 0.4) is 0 Å². The zero-order chi connectivity index (χ0) is 20.2. The Morgan fingerprint density at radius 3 is 2.72 bits per heavy atom. The van der Waals surface area contributed by atoms with Crippen LogP contribution in [0.25, 0.3) is 0 Å². The molecule has 2 aromatic carbocycles. The van der Waals surface area contributed by atoms with Crippen molar-refractivity contribution in [3.63, 3.8) is 0 Å². The van der Waals surface area contributed by atoms with Gasteiger partial charge in [0.25, 0.3) is 11.8 Å². The van der Waals surface area contributed by atoms with Gasteiger partial charge in [0.1, 0.15) is 6.10 Å². The highest BCUT2D eigenvalue weighted by Crippen LogP contribution is 2.32. The summed E-state index contributed by atoms with van der Waals surface area (Å²) in [6.45, 7) is 0.916. The topological polar surface area (TPSA) is 112 Å². The van der Waals surface area contributed by atoms with Gasteiger partial charge in [-0.25, -0.2) is 0 Å². The Morgan fingerprint density at radius 1 is 1.07 bits per heavy atom. The first kappa shape index (κ1) is 19.2. The van der Waals surface area contributed by atoms with Crippen LogP contribution in [0.2, 0.25) is 0 Å². The fourth-order valence-corrected chi connectivity index (χ4v) is 3.40. The van der Waals surface area contributed by atoms with Crippen molar-refractivity contribution in [1.82, 2.24) is 5.32 Å². The third-order valence-electron chi connectivity index (χ3n) is 4.98. The molecule has 8 heteroatoms. The van der Waals surface area contributed by atoms with Gasteiger partial charge in [0.15, 0.2) is 11.5 Å².